The summed E-state index contributed by atoms with van der Waals surface area (Å²) in [6.45, 7) is 3.98. The number of hydrogen-bond donors (Lipinski definition) is 1. The number of urea groups is 1. The maximum atomic E-state index is 12.9. The quantitative estimate of drug-likeness (QED) is 0.440. The summed E-state index contributed by atoms with van der Waals surface area (Å²) in [5.41, 5.74) is 2.52. The number of benzene rings is 2. The van der Waals surface area contributed by atoms with Gasteiger partial charge in [-0.1, -0.05) is 52.7 Å². The summed E-state index contributed by atoms with van der Waals surface area (Å²) in [6, 6.07) is 14.6. The number of nitrogens with zero attached hydrogens (tertiary/aromatic N) is 1. The minimum Gasteiger partial charge on any atom is -0.307 e. The van der Waals surface area contributed by atoms with Crippen LogP contribution in [-0.2, 0) is 0 Å². The predicted octanol–water partition coefficient (Wildman–Crippen LogP) is 6.28. The van der Waals surface area contributed by atoms with Gasteiger partial charge >= 0.3 is 6.03 Å². The van der Waals surface area contributed by atoms with Crippen LogP contribution in [-0.4, -0.2) is 16.9 Å². The first kappa shape index (κ1) is 19.1. The zero-order chi connectivity index (χ0) is 17.7. The highest BCUT2D eigenvalue weighted by Crippen LogP contribution is 2.28. The molecule has 0 aromatic heterocycles. The average molecular weight is 430 g/mol. The second kappa shape index (κ2) is 8.75. The number of hydrogen-bond acceptors (Lipinski definition) is 1. The van der Waals surface area contributed by atoms with E-state index >= 15 is 0 Å². The summed E-state index contributed by atoms with van der Waals surface area (Å²) >= 11 is 15.6. The van der Waals surface area contributed by atoms with E-state index in [9.17, 15) is 4.79 Å². The van der Waals surface area contributed by atoms with E-state index in [1.807, 2.05) is 38.1 Å². The largest absolute Gasteiger partial charge is 0.327 e. The van der Waals surface area contributed by atoms with E-state index in [4.69, 9.17) is 23.2 Å². The number of amides is 2. The molecule has 2 amide bonds. The number of rotatable bonds is 5. The molecule has 24 heavy (non-hydrogen) atoms. The lowest BCUT2D eigenvalue weighted by molar-refractivity contribution is 0.255. The Bertz CT molecular complexity index is 711. The Morgan fingerprint density at radius 2 is 1.96 bits per heavy atom. The van der Waals surface area contributed by atoms with Gasteiger partial charge in [-0.2, -0.15) is 0 Å². The first-order chi connectivity index (χ1) is 11.4. The zero-order valence-electron chi connectivity index (χ0n) is 13.5. The molecule has 128 valence electrons. The molecule has 0 saturated heterocycles. The molecule has 1 N–H and O–H groups in total. The highest BCUT2D eigenvalue weighted by molar-refractivity contribution is 9.09. The Morgan fingerprint density at radius 1 is 1.25 bits per heavy atom. The van der Waals surface area contributed by atoms with Gasteiger partial charge in [-0.15, -0.1) is 11.6 Å². The summed E-state index contributed by atoms with van der Waals surface area (Å²) in [5.74, 6) is 0.500. The van der Waals surface area contributed by atoms with Crippen molar-refractivity contribution in [3.05, 3.63) is 59.1 Å². The highest BCUT2D eigenvalue weighted by Gasteiger charge is 2.27. The molecule has 0 saturated carbocycles. The first-order valence-corrected chi connectivity index (χ1v) is 9.37. The summed E-state index contributed by atoms with van der Waals surface area (Å²) < 4.78 is 0. The number of nitrogens with one attached hydrogen (secondary N) is 1. The van der Waals surface area contributed by atoms with Crippen molar-refractivity contribution in [2.45, 2.75) is 18.8 Å². The predicted molar refractivity (Wildman–Crippen MR) is 107 cm³/mol. The summed E-state index contributed by atoms with van der Waals surface area (Å²) in [5, 5.41) is 3.46. The van der Waals surface area contributed by atoms with Crippen LogP contribution in [0.15, 0.2) is 48.5 Å². The standard InChI is InChI=1S/C18H19BrCl2N2O/c1-12-5-3-8-16(9-12)23(17(19)13(2)11-20)18(24)22-15-7-4-6-14(21)10-15/h3-10,13,17H,11H2,1-2H3,(H,22,24). The molecule has 0 spiro atoms. The molecule has 3 nitrogen and oxygen atoms in total. The number of halogens is 3. The maximum Gasteiger partial charge on any atom is 0.327 e. The van der Waals surface area contributed by atoms with Crippen LogP contribution >= 0.6 is 39.1 Å². The van der Waals surface area contributed by atoms with Crippen molar-refractivity contribution >= 4 is 56.5 Å². The fourth-order valence-corrected chi connectivity index (χ4v) is 3.41. The molecule has 6 heteroatoms. The molecule has 0 radical (unpaired) electrons. The van der Waals surface area contributed by atoms with E-state index in [2.05, 4.69) is 21.2 Å². The van der Waals surface area contributed by atoms with Gasteiger partial charge in [-0.3, -0.25) is 4.90 Å². The van der Waals surface area contributed by atoms with E-state index in [0.29, 0.717) is 16.6 Å². The van der Waals surface area contributed by atoms with Gasteiger partial charge in [0.15, 0.2) is 0 Å². The second-order valence-corrected chi connectivity index (χ2v) is 7.34. The Kier molecular flexibility index (Phi) is 6.96. The fourth-order valence-electron chi connectivity index (χ4n) is 2.23. The van der Waals surface area contributed by atoms with Crippen molar-refractivity contribution in [1.29, 1.82) is 0 Å². The molecule has 0 heterocycles. The third-order valence-electron chi connectivity index (χ3n) is 3.53. The Balaban J connectivity index is 2.32. The molecule has 0 fully saturated rings. The number of anilines is 2. The number of carbonyl (C=O) groups is 1. The molecule has 0 bridgehead atoms. The Labute approximate surface area is 161 Å². The third kappa shape index (κ3) is 4.88. The van der Waals surface area contributed by atoms with Crippen LogP contribution < -0.4 is 10.2 Å². The Morgan fingerprint density at radius 3 is 2.58 bits per heavy atom. The number of alkyl halides is 2. The van der Waals surface area contributed by atoms with Crippen LogP contribution in [0.25, 0.3) is 0 Å². The van der Waals surface area contributed by atoms with Crippen molar-refractivity contribution in [2.24, 2.45) is 5.92 Å². The minimum atomic E-state index is -0.248. The molecule has 2 aromatic rings. The molecule has 2 atom stereocenters. The second-order valence-electron chi connectivity index (χ2n) is 5.65. The van der Waals surface area contributed by atoms with Crippen molar-refractivity contribution in [2.75, 3.05) is 16.1 Å². The van der Waals surface area contributed by atoms with E-state index < -0.39 is 0 Å². The van der Waals surface area contributed by atoms with Gasteiger partial charge in [0.2, 0.25) is 0 Å². The van der Waals surface area contributed by atoms with Crippen molar-refractivity contribution < 1.29 is 4.79 Å². The van der Waals surface area contributed by atoms with Gasteiger partial charge in [0.1, 0.15) is 0 Å². The van der Waals surface area contributed by atoms with Crippen molar-refractivity contribution in [3.63, 3.8) is 0 Å². The van der Waals surface area contributed by atoms with Gasteiger partial charge < -0.3 is 5.32 Å². The normalized spacial score (nSPS) is 13.2. The molecule has 0 aliphatic carbocycles. The van der Waals surface area contributed by atoms with Crippen LogP contribution in [0, 0.1) is 12.8 Å². The van der Waals surface area contributed by atoms with Gasteiger partial charge in [-0.05, 0) is 42.8 Å². The third-order valence-corrected chi connectivity index (χ3v) is 5.57. The van der Waals surface area contributed by atoms with Crippen molar-refractivity contribution in [1.82, 2.24) is 0 Å². The van der Waals surface area contributed by atoms with Gasteiger partial charge in [0.05, 0.1) is 4.95 Å². The first-order valence-electron chi connectivity index (χ1n) is 7.55. The molecular weight excluding hydrogens is 411 g/mol. The highest BCUT2D eigenvalue weighted by atomic mass is 79.9. The molecular formula is C18H19BrCl2N2O. The Hall–Kier alpha value is -1.23. The molecule has 0 aliphatic rings. The average Bonchev–Trinajstić information content (AvgIpc) is 2.54. The van der Waals surface area contributed by atoms with Gasteiger partial charge in [0, 0.05) is 28.2 Å². The lowest BCUT2D eigenvalue weighted by Gasteiger charge is -2.31. The van der Waals surface area contributed by atoms with Crippen LogP contribution in [0.1, 0.15) is 12.5 Å². The van der Waals surface area contributed by atoms with Gasteiger partial charge in [-0.25, -0.2) is 4.79 Å². The smallest absolute Gasteiger partial charge is 0.307 e. The zero-order valence-corrected chi connectivity index (χ0v) is 16.6. The van der Waals surface area contributed by atoms with Crippen LogP contribution in [0.4, 0.5) is 16.2 Å². The summed E-state index contributed by atoms with van der Waals surface area (Å²) in [4.78, 5) is 14.3. The topological polar surface area (TPSA) is 32.3 Å². The van der Waals surface area contributed by atoms with Crippen LogP contribution in [0.2, 0.25) is 5.02 Å². The monoisotopic (exact) mass is 428 g/mol. The lowest BCUT2D eigenvalue weighted by atomic mass is 10.1. The molecule has 2 unspecified atom stereocenters. The summed E-state index contributed by atoms with van der Waals surface area (Å²) in [7, 11) is 0. The van der Waals surface area contributed by atoms with Crippen LogP contribution in [0.3, 0.4) is 0 Å². The number of aryl methyl sites for hydroxylation is 1. The fraction of sp³-hybridized carbons (Fsp3) is 0.278. The van der Waals surface area contributed by atoms with E-state index in [1.165, 1.54) is 0 Å². The molecule has 0 aliphatic heterocycles. The maximum absolute atomic E-state index is 12.9. The lowest BCUT2D eigenvalue weighted by Crippen LogP contribution is -2.43. The van der Waals surface area contributed by atoms with Crippen molar-refractivity contribution in [3.8, 4) is 0 Å². The minimum absolute atomic E-state index is 0.0669. The van der Waals surface area contributed by atoms with E-state index in [0.717, 1.165) is 11.3 Å². The molecule has 2 rings (SSSR count). The van der Waals surface area contributed by atoms with E-state index in [-0.39, 0.29) is 16.9 Å². The number of carbonyl (C=O) groups excluding carboxylic acids is 1. The summed E-state index contributed by atoms with van der Waals surface area (Å²) in [6.07, 6.45) is 0. The van der Waals surface area contributed by atoms with Crippen LogP contribution in [0.5, 0.6) is 0 Å². The SMILES string of the molecule is Cc1cccc(N(C(=O)Nc2cccc(Cl)c2)C(Br)C(C)CCl)c1. The molecule has 2 aromatic carbocycles. The van der Waals surface area contributed by atoms with Gasteiger partial charge in [0.25, 0.3) is 0 Å². The van der Waals surface area contributed by atoms with E-state index in [1.54, 1.807) is 29.2 Å².